The van der Waals surface area contributed by atoms with Crippen LogP contribution in [0.25, 0.3) is 0 Å². The molecule has 2 rings (SSSR count). The molecule has 1 N–H and O–H groups in total. The highest BCUT2D eigenvalue weighted by Gasteiger charge is 2.11. The molecule has 1 saturated heterocycles. The summed E-state index contributed by atoms with van der Waals surface area (Å²) in [5, 5.41) is 8.81. The average Bonchev–Trinajstić information content (AvgIpc) is 2.29. The van der Waals surface area contributed by atoms with Crippen molar-refractivity contribution < 1.29 is 9.90 Å². The molecule has 17 heavy (non-hydrogen) atoms. The number of rotatable bonds is 2. The molecule has 1 aromatic heterocycles. The monoisotopic (exact) mass is 234 g/mol. The maximum Gasteiger partial charge on any atom is 0.337 e. The van der Waals surface area contributed by atoms with Crippen LogP contribution in [0.2, 0.25) is 0 Å². The van der Waals surface area contributed by atoms with Crippen LogP contribution >= 0.6 is 0 Å². The van der Waals surface area contributed by atoms with Crippen molar-refractivity contribution in [1.82, 2.24) is 4.98 Å². The van der Waals surface area contributed by atoms with E-state index in [2.05, 4.69) is 9.88 Å². The van der Waals surface area contributed by atoms with Gasteiger partial charge in [-0.25, -0.2) is 9.78 Å². The van der Waals surface area contributed by atoms with Crippen molar-refractivity contribution in [3.8, 4) is 0 Å². The van der Waals surface area contributed by atoms with Gasteiger partial charge in [-0.15, -0.1) is 0 Å². The summed E-state index contributed by atoms with van der Waals surface area (Å²) in [6.07, 6.45) is 7.73. The quantitative estimate of drug-likeness (QED) is 0.854. The van der Waals surface area contributed by atoms with Crippen LogP contribution in [0, 0.1) is 0 Å². The summed E-state index contributed by atoms with van der Waals surface area (Å²) in [6.45, 7) is 2.05. The van der Waals surface area contributed by atoms with Gasteiger partial charge in [0.15, 0.2) is 0 Å². The van der Waals surface area contributed by atoms with Crippen LogP contribution in [0.3, 0.4) is 0 Å². The fraction of sp³-hybridized carbons (Fsp3) is 0.538. The molecule has 2 heterocycles. The highest BCUT2D eigenvalue weighted by Crippen LogP contribution is 2.17. The van der Waals surface area contributed by atoms with Crippen molar-refractivity contribution in [2.24, 2.45) is 0 Å². The molecule has 0 atom stereocenters. The Hall–Kier alpha value is -1.58. The first-order valence-corrected chi connectivity index (χ1v) is 6.21. The summed E-state index contributed by atoms with van der Waals surface area (Å²) in [6, 6.07) is 3.44. The minimum absolute atomic E-state index is 0.251. The van der Waals surface area contributed by atoms with E-state index in [0.29, 0.717) is 0 Å². The second kappa shape index (κ2) is 5.66. The Morgan fingerprint density at radius 3 is 2.29 bits per heavy atom. The van der Waals surface area contributed by atoms with Gasteiger partial charge in [0.25, 0.3) is 0 Å². The first kappa shape index (κ1) is 11.9. The van der Waals surface area contributed by atoms with E-state index in [1.165, 1.54) is 38.3 Å². The number of nitrogens with zero attached hydrogens (tertiary/aromatic N) is 2. The van der Waals surface area contributed by atoms with Gasteiger partial charge < -0.3 is 10.0 Å². The molecule has 1 aromatic rings. The molecule has 4 heteroatoms. The van der Waals surface area contributed by atoms with E-state index in [1.807, 2.05) is 6.07 Å². The smallest absolute Gasteiger partial charge is 0.337 e. The number of aromatic nitrogens is 1. The molecule has 1 aliphatic heterocycles. The van der Waals surface area contributed by atoms with Crippen LogP contribution in [0.4, 0.5) is 5.82 Å². The lowest BCUT2D eigenvalue weighted by molar-refractivity contribution is 0.0696. The lowest BCUT2D eigenvalue weighted by atomic mass is 10.1. The van der Waals surface area contributed by atoms with E-state index in [4.69, 9.17) is 5.11 Å². The van der Waals surface area contributed by atoms with E-state index in [9.17, 15) is 4.79 Å². The summed E-state index contributed by atoms with van der Waals surface area (Å²) in [7, 11) is 0. The van der Waals surface area contributed by atoms with Crippen molar-refractivity contribution >= 4 is 11.8 Å². The van der Waals surface area contributed by atoms with Crippen LogP contribution < -0.4 is 4.90 Å². The number of hydrogen-bond acceptors (Lipinski definition) is 3. The van der Waals surface area contributed by atoms with Crippen LogP contribution in [0.5, 0.6) is 0 Å². The molecular formula is C13H18N2O2. The minimum atomic E-state index is -0.920. The molecule has 0 unspecified atom stereocenters. The first-order valence-electron chi connectivity index (χ1n) is 6.21. The highest BCUT2D eigenvalue weighted by atomic mass is 16.4. The van der Waals surface area contributed by atoms with Crippen molar-refractivity contribution in [1.29, 1.82) is 0 Å². The highest BCUT2D eigenvalue weighted by molar-refractivity contribution is 5.87. The van der Waals surface area contributed by atoms with Gasteiger partial charge in [-0.3, -0.25) is 0 Å². The van der Waals surface area contributed by atoms with Crippen LogP contribution in [0.15, 0.2) is 18.3 Å². The van der Waals surface area contributed by atoms with Gasteiger partial charge in [0.2, 0.25) is 0 Å². The molecule has 0 saturated carbocycles. The summed E-state index contributed by atoms with van der Waals surface area (Å²) >= 11 is 0. The molecule has 1 fully saturated rings. The van der Waals surface area contributed by atoms with Gasteiger partial charge in [0, 0.05) is 19.3 Å². The summed E-state index contributed by atoms with van der Waals surface area (Å²) in [4.78, 5) is 17.2. The molecular weight excluding hydrogens is 216 g/mol. The SMILES string of the molecule is O=C(O)c1ccc(N2CCCCCCC2)nc1. The standard InChI is InChI=1S/C13H18N2O2/c16-13(17)11-6-7-12(14-10-11)15-8-4-2-1-3-5-9-15/h6-7,10H,1-5,8-9H2,(H,16,17). The average molecular weight is 234 g/mol. The summed E-state index contributed by atoms with van der Waals surface area (Å²) in [5.74, 6) is -0.0198. The number of carbonyl (C=O) groups is 1. The van der Waals surface area contributed by atoms with Gasteiger partial charge in [-0.2, -0.15) is 0 Å². The molecule has 1 aliphatic rings. The van der Waals surface area contributed by atoms with Crippen molar-refractivity contribution in [3.63, 3.8) is 0 Å². The zero-order valence-corrected chi connectivity index (χ0v) is 9.93. The van der Waals surface area contributed by atoms with Gasteiger partial charge in [-0.1, -0.05) is 19.3 Å². The Bertz CT molecular complexity index is 368. The summed E-state index contributed by atoms with van der Waals surface area (Å²) in [5.41, 5.74) is 0.251. The largest absolute Gasteiger partial charge is 0.478 e. The van der Waals surface area contributed by atoms with E-state index in [1.54, 1.807) is 6.07 Å². The minimum Gasteiger partial charge on any atom is -0.478 e. The molecule has 0 spiro atoms. The van der Waals surface area contributed by atoms with Gasteiger partial charge >= 0.3 is 5.97 Å². The van der Waals surface area contributed by atoms with E-state index < -0.39 is 5.97 Å². The van der Waals surface area contributed by atoms with Gasteiger partial charge in [-0.05, 0) is 25.0 Å². The lowest BCUT2D eigenvalue weighted by Gasteiger charge is -2.25. The Balaban J connectivity index is 2.06. The van der Waals surface area contributed by atoms with Gasteiger partial charge in [0.05, 0.1) is 5.56 Å². The number of carboxylic acid groups (broad SMARTS) is 1. The number of hydrogen-bond donors (Lipinski definition) is 1. The maximum atomic E-state index is 10.7. The zero-order chi connectivity index (χ0) is 12.1. The van der Waals surface area contributed by atoms with E-state index in [-0.39, 0.29) is 5.56 Å². The second-order valence-electron chi connectivity index (χ2n) is 4.47. The fourth-order valence-corrected chi connectivity index (χ4v) is 2.18. The normalized spacial score (nSPS) is 17.3. The Morgan fingerprint density at radius 2 is 1.76 bits per heavy atom. The van der Waals surface area contributed by atoms with Crippen molar-refractivity contribution in [2.75, 3.05) is 18.0 Å². The number of pyridine rings is 1. The predicted molar refractivity (Wildman–Crippen MR) is 66.5 cm³/mol. The van der Waals surface area contributed by atoms with E-state index >= 15 is 0 Å². The Kier molecular flexibility index (Phi) is 3.96. The van der Waals surface area contributed by atoms with Gasteiger partial charge in [0.1, 0.15) is 5.82 Å². The third-order valence-electron chi connectivity index (χ3n) is 3.17. The maximum absolute atomic E-state index is 10.7. The Morgan fingerprint density at radius 1 is 1.12 bits per heavy atom. The summed E-state index contributed by atoms with van der Waals surface area (Å²) < 4.78 is 0. The molecule has 0 aromatic carbocycles. The van der Waals surface area contributed by atoms with Crippen molar-refractivity contribution in [2.45, 2.75) is 32.1 Å². The molecule has 92 valence electrons. The molecule has 4 nitrogen and oxygen atoms in total. The molecule has 0 aliphatic carbocycles. The molecule has 0 radical (unpaired) electrons. The third-order valence-corrected chi connectivity index (χ3v) is 3.17. The second-order valence-corrected chi connectivity index (χ2v) is 4.47. The fourth-order valence-electron chi connectivity index (χ4n) is 2.18. The van der Waals surface area contributed by atoms with Crippen LogP contribution in [0.1, 0.15) is 42.5 Å². The van der Waals surface area contributed by atoms with Crippen LogP contribution in [-0.4, -0.2) is 29.1 Å². The molecule has 0 bridgehead atoms. The number of aromatic carboxylic acids is 1. The Labute approximate surface area is 101 Å². The predicted octanol–water partition coefficient (Wildman–Crippen LogP) is 2.55. The zero-order valence-electron chi connectivity index (χ0n) is 9.93. The third kappa shape index (κ3) is 3.19. The van der Waals surface area contributed by atoms with Crippen LogP contribution in [-0.2, 0) is 0 Å². The molecule has 0 amide bonds. The van der Waals surface area contributed by atoms with E-state index in [0.717, 1.165) is 18.9 Å². The lowest BCUT2D eigenvalue weighted by Crippen LogP contribution is -2.27. The topological polar surface area (TPSA) is 53.4 Å². The van der Waals surface area contributed by atoms with Crippen molar-refractivity contribution in [3.05, 3.63) is 23.9 Å². The first-order chi connectivity index (χ1) is 8.27. The number of carboxylic acids is 1. The number of anilines is 1.